The highest BCUT2D eigenvalue weighted by atomic mass is 32.2. The first-order chi connectivity index (χ1) is 15.0. The lowest BCUT2D eigenvalue weighted by Gasteiger charge is -2.19. The maximum absolute atomic E-state index is 12.6. The second-order valence-corrected chi connectivity index (χ2v) is 10.4. The SMILES string of the molecule is C[C@H](NC(=O)O[C@@H]1CC[C@H](c2cc(Nc3ccc4c(c3)CS(=O)(=O)C4)n[nH]2)C1)C(F)(F)F. The molecule has 3 atom stereocenters. The molecule has 32 heavy (non-hydrogen) atoms. The summed E-state index contributed by atoms with van der Waals surface area (Å²) in [5.41, 5.74) is 3.14. The van der Waals surface area contributed by atoms with E-state index in [0.717, 1.165) is 29.4 Å². The molecule has 174 valence electrons. The molecule has 8 nitrogen and oxygen atoms in total. The van der Waals surface area contributed by atoms with Crippen LogP contribution in [0.4, 0.5) is 29.5 Å². The average Bonchev–Trinajstić information content (AvgIpc) is 3.38. The van der Waals surface area contributed by atoms with Crippen molar-refractivity contribution >= 4 is 27.4 Å². The number of hydrogen-bond donors (Lipinski definition) is 3. The first kappa shape index (κ1) is 22.4. The fourth-order valence-electron chi connectivity index (χ4n) is 4.04. The number of hydrogen-bond acceptors (Lipinski definition) is 6. The van der Waals surface area contributed by atoms with Gasteiger partial charge in [0.05, 0.1) is 11.5 Å². The minimum absolute atomic E-state index is 0.0288. The Morgan fingerprint density at radius 1 is 1.22 bits per heavy atom. The molecule has 1 aromatic carbocycles. The molecular formula is C20H23F3N4O4S. The predicted molar refractivity (Wildman–Crippen MR) is 110 cm³/mol. The Balaban J connectivity index is 1.32. The Hall–Kier alpha value is -2.76. The number of rotatable bonds is 5. The fraction of sp³-hybridized carbons (Fsp3) is 0.500. The zero-order valence-electron chi connectivity index (χ0n) is 17.2. The molecule has 1 saturated carbocycles. The van der Waals surface area contributed by atoms with Gasteiger partial charge < -0.3 is 15.4 Å². The highest BCUT2D eigenvalue weighted by Gasteiger charge is 2.38. The summed E-state index contributed by atoms with van der Waals surface area (Å²) in [4.78, 5) is 11.7. The summed E-state index contributed by atoms with van der Waals surface area (Å²) in [6.45, 7) is 0.859. The molecule has 0 spiro atoms. The number of benzene rings is 1. The minimum Gasteiger partial charge on any atom is -0.446 e. The van der Waals surface area contributed by atoms with Gasteiger partial charge in [0.1, 0.15) is 12.1 Å². The Labute approximate surface area is 182 Å². The van der Waals surface area contributed by atoms with Gasteiger partial charge in [-0.05, 0) is 49.4 Å². The van der Waals surface area contributed by atoms with Gasteiger partial charge in [0.2, 0.25) is 0 Å². The van der Waals surface area contributed by atoms with Crippen molar-refractivity contribution < 1.29 is 31.1 Å². The van der Waals surface area contributed by atoms with Crippen molar-refractivity contribution in [2.45, 2.75) is 61.9 Å². The highest BCUT2D eigenvalue weighted by molar-refractivity contribution is 7.90. The molecule has 1 aromatic heterocycles. The lowest BCUT2D eigenvalue weighted by atomic mass is 10.0. The molecule has 2 heterocycles. The monoisotopic (exact) mass is 472 g/mol. The van der Waals surface area contributed by atoms with Crippen molar-refractivity contribution in [1.82, 2.24) is 15.5 Å². The largest absolute Gasteiger partial charge is 0.446 e. The second kappa shape index (κ2) is 8.30. The maximum atomic E-state index is 12.6. The van der Waals surface area contributed by atoms with Gasteiger partial charge in [-0.15, -0.1) is 0 Å². The van der Waals surface area contributed by atoms with E-state index in [2.05, 4.69) is 15.5 Å². The van der Waals surface area contributed by atoms with Crippen LogP contribution in [0.5, 0.6) is 0 Å². The Bertz CT molecular complexity index is 1120. The Morgan fingerprint density at radius 2 is 1.97 bits per heavy atom. The molecule has 1 amide bonds. The number of aromatic amines is 1. The summed E-state index contributed by atoms with van der Waals surface area (Å²) < 4.78 is 66.3. The van der Waals surface area contributed by atoms with Gasteiger partial charge in [0, 0.05) is 23.4 Å². The number of aromatic nitrogens is 2. The van der Waals surface area contributed by atoms with E-state index >= 15 is 0 Å². The third-order valence-electron chi connectivity index (χ3n) is 5.75. The number of carbonyl (C=O) groups is 1. The molecular weight excluding hydrogens is 449 g/mol. The molecule has 1 aliphatic carbocycles. The number of ether oxygens (including phenoxy) is 1. The van der Waals surface area contributed by atoms with E-state index in [-0.39, 0.29) is 17.4 Å². The molecule has 0 saturated heterocycles. The number of anilines is 2. The van der Waals surface area contributed by atoms with Crippen LogP contribution in [0.25, 0.3) is 0 Å². The van der Waals surface area contributed by atoms with Crippen LogP contribution < -0.4 is 10.6 Å². The third-order valence-corrected chi connectivity index (χ3v) is 7.25. The van der Waals surface area contributed by atoms with Gasteiger partial charge in [0.25, 0.3) is 0 Å². The number of nitrogens with zero attached hydrogens (tertiary/aromatic N) is 1. The van der Waals surface area contributed by atoms with Crippen molar-refractivity contribution in [2.75, 3.05) is 5.32 Å². The summed E-state index contributed by atoms with van der Waals surface area (Å²) in [6, 6.07) is 5.23. The van der Waals surface area contributed by atoms with Gasteiger partial charge in [-0.1, -0.05) is 6.07 Å². The molecule has 3 N–H and O–H groups in total. The highest BCUT2D eigenvalue weighted by Crippen LogP contribution is 2.36. The van der Waals surface area contributed by atoms with Gasteiger partial charge in [-0.3, -0.25) is 5.10 Å². The number of amides is 1. The Morgan fingerprint density at radius 3 is 2.72 bits per heavy atom. The number of alkyl halides is 3. The summed E-state index contributed by atoms with van der Waals surface area (Å²) in [5.74, 6) is 0.679. The second-order valence-electron chi connectivity index (χ2n) is 8.29. The topological polar surface area (TPSA) is 113 Å². The van der Waals surface area contributed by atoms with Gasteiger partial charge >= 0.3 is 12.3 Å². The number of nitrogens with one attached hydrogen (secondary N) is 3. The first-order valence-corrected chi connectivity index (χ1v) is 12.0. The molecule has 0 bridgehead atoms. The lowest BCUT2D eigenvalue weighted by molar-refractivity contribution is -0.150. The van der Waals surface area contributed by atoms with Crippen LogP contribution in [0, 0.1) is 0 Å². The van der Waals surface area contributed by atoms with Crippen molar-refractivity contribution in [3.05, 3.63) is 41.1 Å². The third kappa shape index (κ3) is 5.17. The van der Waals surface area contributed by atoms with Crippen LogP contribution in [0.2, 0.25) is 0 Å². The standard InChI is InChI=1S/C20H23F3N4O4S/c1-11(20(21,22)23)24-19(28)31-16-5-3-12(7-16)17-8-18(27-26-17)25-15-4-2-13-9-32(29,30)10-14(13)6-15/h2,4,6,8,11-12,16H,3,5,7,9-10H2,1H3,(H,24,28)(H2,25,26,27)/t11-,12-,16+/m0/s1. The van der Waals surface area contributed by atoms with E-state index in [1.54, 1.807) is 23.5 Å². The van der Waals surface area contributed by atoms with Gasteiger partial charge in [-0.2, -0.15) is 18.3 Å². The number of halogens is 3. The van der Waals surface area contributed by atoms with Gasteiger partial charge in [0.15, 0.2) is 15.7 Å². The minimum atomic E-state index is -4.52. The summed E-state index contributed by atoms with van der Waals surface area (Å²) in [6.07, 6.45) is -4.36. The van der Waals surface area contributed by atoms with E-state index in [1.807, 2.05) is 6.07 Å². The molecule has 12 heteroatoms. The molecule has 2 aromatic rings. The fourth-order valence-corrected chi connectivity index (χ4v) is 5.64. The number of carbonyl (C=O) groups excluding carboxylic acids is 1. The summed E-state index contributed by atoms with van der Waals surface area (Å²) in [5, 5.41) is 12.1. The number of H-pyrrole nitrogens is 1. The van der Waals surface area contributed by atoms with Crippen molar-refractivity contribution in [3.63, 3.8) is 0 Å². The molecule has 0 unspecified atom stereocenters. The predicted octanol–water partition coefficient (Wildman–Crippen LogP) is 3.89. The lowest BCUT2D eigenvalue weighted by Crippen LogP contribution is -2.44. The molecule has 4 rings (SSSR count). The van der Waals surface area contributed by atoms with Crippen LogP contribution in [0.15, 0.2) is 24.3 Å². The summed E-state index contributed by atoms with van der Waals surface area (Å²) >= 11 is 0. The quantitative estimate of drug-likeness (QED) is 0.609. The normalized spacial score (nSPS) is 22.9. The van der Waals surface area contributed by atoms with E-state index in [0.29, 0.717) is 25.1 Å². The first-order valence-electron chi connectivity index (χ1n) is 10.2. The van der Waals surface area contributed by atoms with E-state index < -0.39 is 34.3 Å². The smallest absolute Gasteiger partial charge is 0.408 e. The maximum Gasteiger partial charge on any atom is 0.408 e. The van der Waals surface area contributed by atoms with E-state index in [4.69, 9.17) is 4.74 Å². The molecule has 1 fully saturated rings. The zero-order valence-corrected chi connectivity index (χ0v) is 18.0. The van der Waals surface area contributed by atoms with Crippen LogP contribution in [-0.2, 0) is 26.1 Å². The number of sulfone groups is 1. The molecule has 1 aliphatic heterocycles. The zero-order chi connectivity index (χ0) is 23.1. The Kier molecular flexibility index (Phi) is 5.82. The summed E-state index contributed by atoms with van der Waals surface area (Å²) in [7, 11) is -3.08. The van der Waals surface area contributed by atoms with E-state index in [1.165, 1.54) is 0 Å². The van der Waals surface area contributed by atoms with Crippen LogP contribution in [-0.4, -0.2) is 43.0 Å². The van der Waals surface area contributed by atoms with Crippen LogP contribution in [0.3, 0.4) is 0 Å². The molecule has 0 radical (unpaired) electrons. The molecule has 2 aliphatic rings. The number of fused-ring (bicyclic) bond motifs is 1. The van der Waals surface area contributed by atoms with Crippen molar-refractivity contribution in [2.24, 2.45) is 0 Å². The average molecular weight is 472 g/mol. The van der Waals surface area contributed by atoms with Crippen molar-refractivity contribution in [3.8, 4) is 0 Å². The van der Waals surface area contributed by atoms with Crippen molar-refractivity contribution in [1.29, 1.82) is 0 Å². The van der Waals surface area contributed by atoms with Crippen LogP contribution >= 0.6 is 0 Å². The number of alkyl carbamates (subject to hydrolysis) is 1. The van der Waals surface area contributed by atoms with Crippen LogP contribution in [0.1, 0.15) is 48.9 Å². The van der Waals surface area contributed by atoms with Gasteiger partial charge in [-0.25, -0.2) is 13.2 Å². The van der Waals surface area contributed by atoms with E-state index in [9.17, 15) is 26.4 Å².